The van der Waals surface area contributed by atoms with Crippen LogP contribution in [0.25, 0.3) is 0 Å². The van der Waals surface area contributed by atoms with Crippen molar-refractivity contribution in [2.75, 3.05) is 28.4 Å². The van der Waals surface area contributed by atoms with Crippen molar-refractivity contribution >= 4 is 0 Å². The molecule has 2 aliphatic carbocycles. The third-order valence-corrected chi connectivity index (χ3v) is 9.30. The van der Waals surface area contributed by atoms with Crippen LogP contribution in [0.3, 0.4) is 0 Å². The second-order valence-corrected chi connectivity index (χ2v) is 10.4. The second kappa shape index (κ2) is 4.04. The van der Waals surface area contributed by atoms with Crippen molar-refractivity contribution < 1.29 is 40.2 Å². The summed E-state index contributed by atoms with van der Waals surface area (Å²) in [5, 5.41) is 0. The minimum absolute atomic E-state index is 0.0321. The van der Waals surface area contributed by atoms with Crippen LogP contribution in [0.2, 0.25) is 0 Å². The van der Waals surface area contributed by atoms with Gasteiger partial charge in [0.05, 0.1) is 0 Å². The van der Waals surface area contributed by atoms with Crippen molar-refractivity contribution in [3.05, 3.63) is 0 Å². The molecule has 0 radical (unpaired) electrons. The van der Waals surface area contributed by atoms with E-state index in [1.807, 2.05) is 28.4 Å². The van der Waals surface area contributed by atoms with Crippen LogP contribution < -0.4 is 21.2 Å². The average Bonchev–Trinajstić information content (AvgIpc) is 2.37. The molecule has 0 atom stereocenters. The molecule has 2 saturated heterocycles. The molecule has 2 heterocycles. The number of alkyl halides is 2. The van der Waals surface area contributed by atoms with E-state index in [0.29, 0.717) is 0 Å². The fourth-order valence-corrected chi connectivity index (χ4v) is 10.0. The average molecular weight is 369 g/mol. The Morgan fingerprint density at radius 2 is 1.00 bits per heavy atom. The molecule has 0 amide bonds. The van der Waals surface area contributed by atoms with E-state index in [9.17, 15) is 0 Å². The zero-order valence-corrected chi connectivity index (χ0v) is 13.7. The first-order chi connectivity index (χ1) is 8.49. The normalized spacial score (nSPS) is 54.4. The summed E-state index contributed by atoms with van der Waals surface area (Å²) in [5.41, 5.74) is -0.229. The van der Waals surface area contributed by atoms with Gasteiger partial charge in [-0.15, -0.1) is 0 Å². The molecule has 0 aromatic carbocycles. The second-order valence-electron chi connectivity index (χ2n) is 5.93. The van der Waals surface area contributed by atoms with E-state index in [4.69, 9.17) is 18.9 Å². The van der Waals surface area contributed by atoms with Gasteiger partial charge in [0, 0.05) is 0 Å². The molecule has 4 aliphatic rings. The van der Waals surface area contributed by atoms with Crippen molar-refractivity contribution in [3.63, 3.8) is 0 Å². The quantitative estimate of drug-likeness (QED) is 0.448. The van der Waals surface area contributed by atoms with Crippen molar-refractivity contribution in [1.29, 1.82) is 0 Å². The first-order valence-electron chi connectivity index (χ1n) is 6.36. The fraction of sp³-hybridized carbons (Fsp3) is 1.00. The van der Waals surface area contributed by atoms with Crippen molar-refractivity contribution in [3.8, 4) is 0 Å². The first-order valence-corrected chi connectivity index (χ1v) is 8.52. The van der Waals surface area contributed by atoms with Gasteiger partial charge in [-0.05, 0) is 0 Å². The molecule has 5 heteroatoms. The molecule has 4 fully saturated rings. The summed E-state index contributed by atoms with van der Waals surface area (Å²) in [6.45, 7) is 0. The van der Waals surface area contributed by atoms with Gasteiger partial charge in [0.25, 0.3) is 0 Å². The summed E-state index contributed by atoms with van der Waals surface area (Å²) >= 11 is -0.179. The third kappa shape index (κ3) is 1.70. The molecule has 0 spiro atoms. The van der Waals surface area contributed by atoms with Gasteiger partial charge >= 0.3 is 119 Å². The summed E-state index contributed by atoms with van der Waals surface area (Å²) in [6, 6.07) is 0. The number of methoxy groups -OCH3 is 4. The van der Waals surface area contributed by atoms with E-state index in [1.165, 1.54) is 0 Å². The Bertz CT molecular complexity index is 255. The molecule has 0 aromatic heterocycles. The van der Waals surface area contributed by atoms with Crippen LogP contribution in [0.15, 0.2) is 0 Å². The monoisotopic (exact) mass is 369 g/mol. The van der Waals surface area contributed by atoms with Gasteiger partial charge < -0.3 is 0 Å². The molecule has 2 saturated carbocycles. The van der Waals surface area contributed by atoms with E-state index < -0.39 is 0 Å². The minimum atomic E-state index is -0.179. The molecule has 0 N–H and O–H groups in total. The Hall–Kier alpha value is 0.570. The molecule has 0 unspecified atom stereocenters. The van der Waals surface area contributed by atoms with Gasteiger partial charge in [-0.2, -0.15) is 0 Å². The van der Waals surface area contributed by atoms with Crippen LogP contribution >= 0.6 is 0 Å². The zero-order valence-electron chi connectivity index (χ0n) is 11.5. The Morgan fingerprint density at radius 3 is 1.28 bits per heavy atom. The van der Waals surface area contributed by atoms with Crippen molar-refractivity contribution in [2.45, 2.75) is 50.5 Å². The van der Waals surface area contributed by atoms with Crippen LogP contribution in [0, 0.1) is 0 Å². The van der Waals surface area contributed by atoms with Crippen LogP contribution in [-0.2, 0) is 18.9 Å². The van der Waals surface area contributed by atoms with Crippen molar-refractivity contribution in [1.82, 2.24) is 0 Å². The maximum atomic E-state index is 5.94. The number of hydrogen-bond donors (Lipinski definition) is 0. The Labute approximate surface area is 119 Å². The summed E-state index contributed by atoms with van der Waals surface area (Å²) in [5.74, 6) is 0. The number of ether oxygens (including phenoxy) is 4. The zero-order chi connectivity index (χ0) is 13.1. The fourth-order valence-electron chi connectivity index (χ4n) is 4.26. The molecule has 4 bridgehead atoms. The third-order valence-electron chi connectivity index (χ3n) is 4.93. The summed E-state index contributed by atoms with van der Waals surface area (Å²) in [7, 11) is 7.31. The van der Waals surface area contributed by atoms with Crippen molar-refractivity contribution in [2.24, 2.45) is 0 Å². The molecule has 4 rings (SSSR count). The summed E-state index contributed by atoms with van der Waals surface area (Å²) < 4.78 is 23.6. The Morgan fingerprint density at radius 1 is 0.611 bits per heavy atom. The summed E-state index contributed by atoms with van der Waals surface area (Å²) in [4.78, 5) is 0. The SMILES string of the molecule is COC12CC3(OC)CC(OC)(C1)[I-]C(OC)(C2)C3. The number of halogens is 1. The predicted octanol–water partition coefficient (Wildman–Crippen LogP) is -1.48. The Balaban J connectivity index is 2.06. The predicted molar refractivity (Wildman–Crippen MR) is 62.0 cm³/mol. The molecule has 4 nitrogen and oxygen atoms in total. The maximum absolute atomic E-state index is 5.94. The Kier molecular flexibility index (Phi) is 3.04. The van der Waals surface area contributed by atoms with E-state index in [0.717, 1.165) is 32.1 Å². The van der Waals surface area contributed by atoms with Gasteiger partial charge in [-0.1, -0.05) is 0 Å². The van der Waals surface area contributed by atoms with E-state index in [1.54, 1.807) is 0 Å². The number of hydrogen-bond acceptors (Lipinski definition) is 4. The van der Waals surface area contributed by atoms with Gasteiger partial charge in [0.15, 0.2) is 0 Å². The standard InChI is InChI=1S/C13H22IO4/c1-15-10-5-11(16-2)8-12(6-10,17-3)14-13(7-10,9-11)18-4/h5-9H2,1-4H3/q-1. The van der Waals surface area contributed by atoms with Gasteiger partial charge in [0.1, 0.15) is 0 Å². The molecule has 0 aromatic rings. The number of rotatable bonds is 4. The molecule has 106 valence electrons. The van der Waals surface area contributed by atoms with E-state index in [-0.39, 0.29) is 39.6 Å². The van der Waals surface area contributed by atoms with E-state index >= 15 is 0 Å². The molecular weight excluding hydrogens is 347 g/mol. The van der Waals surface area contributed by atoms with Crippen LogP contribution in [0.1, 0.15) is 32.1 Å². The van der Waals surface area contributed by atoms with Crippen LogP contribution in [-0.4, -0.2) is 46.9 Å². The molecule has 2 aliphatic heterocycles. The topological polar surface area (TPSA) is 36.9 Å². The van der Waals surface area contributed by atoms with Gasteiger partial charge in [0.2, 0.25) is 0 Å². The summed E-state index contributed by atoms with van der Waals surface area (Å²) in [6.07, 6.45) is 5.02. The molecule has 18 heavy (non-hydrogen) atoms. The van der Waals surface area contributed by atoms with E-state index in [2.05, 4.69) is 0 Å². The molecular formula is C13H22IO4-. The van der Waals surface area contributed by atoms with Crippen LogP contribution in [0.4, 0.5) is 0 Å². The van der Waals surface area contributed by atoms with Crippen LogP contribution in [0.5, 0.6) is 0 Å². The van der Waals surface area contributed by atoms with Gasteiger partial charge in [-0.25, -0.2) is 0 Å². The first kappa shape index (κ1) is 13.5. The van der Waals surface area contributed by atoms with Gasteiger partial charge in [-0.3, -0.25) is 0 Å².